The monoisotopic (exact) mass is 239 g/mol. The lowest BCUT2D eigenvalue weighted by Crippen LogP contribution is -2.21. The largest absolute Gasteiger partial charge is 0.508 e. The predicted octanol–water partition coefficient (Wildman–Crippen LogP) is 3.04. The fraction of sp³-hybridized carbons (Fsp3) is 0.250. The lowest BCUT2D eigenvalue weighted by molar-refractivity contribution is 0.458. The van der Waals surface area contributed by atoms with E-state index in [0.717, 1.165) is 12.0 Å². The normalized spacial score (nSPS) is 26.0. The van der Waals surface area contributed by atoms with Gasteiger partial charge in [-0.3, -0.25) is 0 Å². The number of benzene rings is 2. The third kappa shape index (κ3) is 1.70. The minimum Gasteiger partial charge on any atom is -0.508 e. The van der Waals surface area contributed by atoms with Crippen molar-refractivity contribution in [3.05, 3.63) is 65.2 Å². The summed E-state index contributed by atoms with van der Waals surface area (Å²) in [5.41, 5.74) is 9.40. The van der Waals surface area contributed by atoms with E-state index in [-0.39, 0.29) is 0 Å². The molecule has 1 aliphatic carbocycles. The van der Waals surface area contributed by atoms with Crippen molar-refractivity contribution in [2.45, 2.75) is 24.8 Å². The molecular weight excluding hydrogens is 222 g/mol. The third-order valence-corrected chi connectivity index (χ3v) is 3.85. The van der Waals surface area contributed by atoms with Crippen LogP contribution in [0.4, 0.5) is 0 Å². The Balaban J connectivity index is 1.95. The van der Waals surface area contributed by atoms with Crippen LogP contribution in [0.5, 0.6) is 5.75 Å². The van der Waals surface area contributed by atoms with Crippen LogP contribution in [0.15, 0.2) is 48.5 Å². The second-order valence-corrected chi connectivity index (χ2v) is 5.23. The molecule has 3 rings (SSSR count). The van der Waals surface area contributed by atoms with Crippen molar-refractivity contribution in [2.75, 3.05) is 0 Å². The summed E-state index contributed by atoms with van der Waals surface area (Å²) in [5.74, 6) is 0.612. The zero-order valence-corrected chi connectivity index (χ0v) is 10.4. The van der Waals surface area contributed by atoms with Gasteiger partial charge in [0.2, 0.25) is 0 Å². The number of hydrogen-bond donors (Lipinski definition) is 2. The molecule has 0 amide bonds. The zero-order chi connectivity index (χ0) is 12.8. The molecule has 0 heterocycles. The number of aryl methyl sites for hydroxylation is 1. The summed E-state index contributed by atoms with van der Waals surface area (Å²) in [7, 11) is 0. The van der Waals surface area contributed by atoms with Gasteiger partial charge in [0.25, 0.3) is 0 Å². The highest BCUT2D eigenvalue weighted by atomic mass is 16.3. The van der Waals surface area contributed by atoms with E-state index >= 15 is 0 Å². The predicted molar refractivity (Wildman–Crippen MR) is 72.5 cm³/mol. The summed E-state index contributed by atoms with van der Waals surface area (Å²) in [6.45, 7) is 2.09. The second kappa shape index (κ2) is 3.85. The molecule has 2 atom stereocenters. The van der Waals surface area contributed by atoms with Crippen molar-refractivity contribution in [1.82, 2.24) is 0 Å². The topological polar surface area (TPSA) is 46.2 Å². The summed E-state index contributed by atoms with van der Waals surface area (Å²) in [4.78, 5) is 0. The van der Waals surface area contributed by atoms with Gasteiger partial charge in [-0.1, -0.05) is 48.0 Å². The molecule has 0 spiro atoms. The van der Waals surface area contributed by atoms with Crippen LogP contribution in [0.2, 0.25) is 0 Å². The Morgan fingerprint density at radius 2 is 1.94 bits per heavy atom. The van der Waals surface area contributed by atoms with Crippen LogP contribution in [0.3, 0.4) is 0 Å². The van der Waals surface area contributed by atoms with Crippen molar-refractivity contribution < 1.29 is 5.11 Å². The van der Waals surface area contributed by atoms with Gasteiger partial charge in [0.1, 0.15) is 5.75 Å². The van der Waals surface area contributed by atoms with Crippen LogP contribution in [0.1, 0.15) is 29.0 Å². The van der Waals surface area contributed by atoms with Gasteiger partial charge >= 0.3 is 0 Å². The second-order valence-electron chi connectivity index (χ2n) is 5.23. The van der Waals surface area contributed by atoms with E-state index in [2.05, 4.69) is 31.2 Å². The van der Waals surface area contributed by atoms with Gasteiger partial charge < -0.3 is 10.8 Å². The van der Waals surface area contributed by atoms with Crippen LogP contribution in [0.25, 0.3) is 0 Å². The van der Waals surface area contributed by atoms with Crippen molar-refractivity contribution in [3.63, 3.8) is 0 Å². The number of nitrogens with two attached hydrogens (primary N) is 1. The molecule has 1 saturated carbocycles. The molecule has 2 aromatic rings. The SMILES string of the molecule is Cc1cccc(C2CC2(N)c2ccccc2O)c1. The van der Waals surface area contributed by atoms with E-state index in [1.807, 2.05) is 18.2 Å². The smallest absolute Gasteiger partial charge is 0.120 e. The van der Waals surface area contributed by atoms with Crippen LogP contribution in [-0.2, 0) is 5.54 Å². The quantitative estimate of drug-likeness (QED) is 0.846. The number of rotatable bonds is 2. The molecule has 92 valence electrons. The Hall–Kier alpha value is -1.80. The van der Waals surface area contributed by atoms with E-state index in [1.165, 1.54) is 11.1 Å². The Bertz CT molecular complexity index is 593. The summed E-state index contributed by atoms with van der Waals surface area (Å²) < 4.78 is 0. The summed E-state index contributed by atoms with van der Waals surface area (Å²) in [5, 5.41) is 9.93. The van der Waals surface area contributed by atoms with Gasteiger partial charge in [0.15, 0.2) is 0 Å². The maximum Gasteiger partial charge on any atom is 0.120 e. The summed E-state index contributed by atoms with van der Waals surface area (Å²) >= 11 is 0. The van der Waals surface area contributed by atoms with Crippen LogP contribution in [0, 0.1) is 6.92 Å². The van der Waals surface area contributed by atoms with E-state index in [1.54, 1.807) is 6.07 Å². The van der Waals surface area contributed by atoms with E-state index in [9.17, 15) is 5.11 Å². The Labute approximate surface area is 107 Å². The highest BCUT2D eigenvalue weighted by molar-refractivity contribution is 5.48. The zero-order valence-electron chi connectivity index (χ0n) is 10.4. The highest BCUT2D eigenvalue weighted by Gasteiger charge is 2.54. The Kier molecular flexibility index (Phi) is 2.42. The molecule has 18 heavy (non-hydrogen) atoms. The van der Waals surface area contributed by atoms with Gasteiger partial charge in [0, 0.05) is 11.5 Å². The lowest BCUT2D eigenvalue weighted by atomic mass is 9.98. The third-order valence-electron chi connectivity index (χ3n) is 3.85. The molecule has 0 aromatic heterocycles. The first-order chi connectivity index (χ1) is 8.61. The first kappa shape index (κ1) is 11.3. The van der Waals surface area contributed by atoms with Gasteiger partial charge in [-0.05, 0) is 25.0 Å². The van der Waals surface area contributed by atoms with E-state index in [4.69, 9.17) is 5.73 Å². The van der Waals surface area contributed by atoms with Gasteiger partial charge in [0.05, 0.1) is 5.54 Å². The van der Waals surface area contributed by atoms with Crippen molar-refractivity contribution in [1.29, 1.82) is 0 Å². The number of para-hydroxylation sites is 1. The molecule has 2 aromatic carbocycles. The summed E-state index contributed by atoms with van der Waals surface area (Å²) in [6.07, 6.45) is 0.897. The molecule has 0 aliphatic heterocycles. The Morgan fingerprint density at radius 3 is 2.67 bits per heavy atom. The first-order valence-corrected chi connectivity index (χ1v) is 6.25. The van der Waals surface area contributed by atoms with Crippen LogP contribution < -0.4 is 5.73 Å². The molecule has 0 bridgehead atoms. The average molecular weight is 239 g/mol. The van der Waals surface area contributed by atoms with Gasteiger partial charge in [-0.15, -0.1) is 0 Å². The fourth-order valence-electron chi connectivity index (χ4n) is 2.75. The van der Waals surface area contributed by atoms with Gasteiger partial charge in [-0.25, -0.2) is 0 Å². The van der Waals surface area contributed by atoms with E-state index < -0.39 is 5.54 Å². The lowest BCUT2D eigenvalue weighted by Gasteiger charge is -2.14. The number of phenols is 1. The van der Waals surface area contributed by atoms with Gasteiger partial charge in [-0.2, -0.15) is 0 Å². The fourth-order valence-corrected chi connectivity index (χ4v) is 2.75. The number of phenolic OH excluding ortho intramolecular Hbond substituents is 1. The van der Waals surface area contributed by atoms with Crippen molar-refractivity contribution >= 4 is 0 Å². The molecule has 2 unspecified atom stereocenters. The Morgan fingerprint density at radius 1 is 1.17 bits per heavy atom. The minimum absolute atomic E-state index is 0.301. The molecule has 1 aliphatic rings. The molecule has 0 saturated heterocycles. The number of aromatic hydroxyl groups is 1. The average Bonchev–Trinajstić information content (AvgIpc) is 3.03. The molecule has 2 heteroatoms. The summed E-state index contributed by atoms with van der Waals surface area (Å²) in [6, 6.07) is 15.8. The van der Waals surface area contributed by atoms with Crippen molar-refractivity contribution in [2.24, 2.45) is 5.73 Å². The minimum atomic E-state index is -0.404. The molecule has 1 fully saturated rings. The molecule has 3 N–H and O–H groups in total. The number of hydrogen-bond acceptors (Lipinski definition) is 2. The highest BCUT2D eigenvalue weighted by Crippen LogP contribution is 2.58. The maximum atomic E-state index is 9.93. The molecular formula is C16H17NO. The standard InChI is InChI=1S/C16H17NO/c1-11-5-4-6-12(9-11)14-10-16(14,17)13-7-2-3-8-15(13)18/h2-9,14,18H,10,17H2,1H3. The molecule has 2 nitrogen and oxygen atoms in total. The van der Waals surface area contributed by atoms with Crippen LogP contribution in [-0.4, -0.2) is 5.11 Å². The van der Waals surface area contributed by atoms with Crippen molar-refractivity contribution in [3.8, 4) is 5.75 Å². The van der Waals surface area contributed by atoms with Crippen LogP contribution >= 0.6 is 0 Å². The maximum absolute atomic E-state index is 9.93. The van der Waals surface area contributed by atoms with E-state index in [0.29, 0.717) is 11.7 Å². The molecule has 0 radical (unpaired) electrons. The first-order valence-electron chi connectivity index (χ1n) is 6.25.